The fourth-order valence-corrected chi connectivity index (χ4v) is 2.30. The molecule has 0 aliphatic rings. The Morgan fingerprint density at radius 3 is 2.94 bits per heavy atom. The molecule has 0 amide bonds. The number of aryl methyl sites for hydroxylation is 1. The molecule has 0 saturated heterocycles. The minimum absolute atomic E-state index is 0.116. The summed E-state index contributed by atoms with van der Waals surface area (Å²) in [5, 5.41) is 7.33. The highest BCUT2D eigenvalue weighted by Crippen LogP contribution is 2.22. The van der Waals surface area contributed by atoms with Crippen molar-refractivity contribution in [1.29, 1.82) is 0 Å². The predicted molar refractivity (Wildman–Crippen MR) is 69.3 cm³/mol. The molecule has 2 aromatic heterocycles. The van der Waals surface area contributed by atoms with Crippen molar-refractivity contribution < 1.29 is 0 Å². The average molecular weight is 231 g/mol. The zero-order valence-electron chi connectivity index (χ0n) is 10.4. The minimum Gasteiger partial charge on any atom is -0.336 e. The number of allylic oxidation sites excluding steroid dienone is 2. The van der Waals surface area contributed by atoms with Crippen LogP contribution in [0, 0.1) is 6.92 Å². The van der Waals surface area contributed by atoms with E-state index in [2.05, 4.69) is 34.7 Å². The van der Waals surface area contributed by atoms with Crippen molar-refractivity contribution in [2.75, 3.05) is 0 Å². The molecule has 0 aliphatic carbocycles. The fourth-order valence-electron chi connectivity index (χ4n) is 2.30. The Labute approximate surface area is 100.0 Å². The number of fused-ring (bicyclic) bond motifs is 1. The van der Waals surface area contributed by atoms with Gasteiger partial charge in [0.05, 0.1) is 6.20 Å². The van der Waals surface area contributed by atoms with E-state index in [4.69, 9.17) is 0 Å². The summed E-state index contributed by atoms with van der Waals surface area (Å²) in [6.07, 6.45) is 6.70. The van der Waals surface area contributed by atoms with Gasteiger partial charge in [0.2, 0.25) is 0 Å². The van der Waals surface area contributed by atoms with Gasteiger partial charge in [0.25, 0.3) is 5.56 Å². The van der Waals surface area contributed by atoms with Crippen molar-refractivity contribution in [2.45, 2.75) is 33.7 Å². The standard InChI is InChI=1S/C13H17N3O/c1-4-6-7-16-11(5-2)9(3)10-8-14-15-13(17)12(10)16/h4,6,8H,5,7H2,1-3H3,(H,15,17)/b6-4+. The summed E-state index contributed by atoms with van der Waals surface area (Å²) in [4.78, 5) is 11.9. The van der Waals surface area contributed by atoms with Gasteiger partial charge in [-0.05, 0) is 25.8 Å². The van der Waals surface area contributed by atoms with Crippen molar-refractivity contribution in [3.05, 3.63) is 40.0 Å². The summed E-state index contributed by atoms with van der Waals surface area (Å²) in [6.45, 7) is 6.87. The Kier molecular flexibility index (Phi) is 3.13. The van der Waals surface area contributed by atoms with Crippen molar-refractivity contribution in [2.24, 2.45) is 0 Å². The summed E-state index contributed by atoms with van der Waals surface area (Å²) in [5.41, 5.74) is 2.98. The van der Waals surface area contributed by atoms with Crippen LogP contribution in [-0.2, 0) is 13.0 Å². The van der Waals surface area contributed by atoms with E-state index in [0.717, 1.165) is 29.4 Å². The molecule has 0 unspecified atom stereocenters. The molecule has 2 heterocycles. The molecule has 17 heavy (non-hydrogen) atoms. The molecule has 0 spiro atoms. The molecule has 1 N–H and O–H groups in total. The highest BCUT2D eigenvalue weighted by molar-refractivity contribution is 5.83. The lowest BCUT2D eigenvalue weighted by Crippen LogP contribution is -2.13. The summed E-state index contributed by atoms with van der Waals surface area (Å²) in [6, 6.07) is 0. The maximum Gasteiger partial charge on any atom is 0.288 e. The molecular formula is C13H17N3O. The van der Waals surface area contributed by atoms with E-state index in [1.807, 2.05) is 13.0 Å². The molecule has 4 nitrogen and oxygen atoms in total. The Balaban J connectivity index is 2.81. The molecule has 0 saturated carbocycles. The van der Waals surface area contributed by atoms with E-state index in [1.165, 1.54) is 5.69 Å². The lowest BCUT2D eigenvalue weighted by molar-refractivity contribution is 0.782. The predicted octanol–water partition coefficient (Wildman–Crippen LogP) is 2.17. The van der Waals surface area contributed by atoms with Crippen LogP contribution >= 0.6 is 0 Å². The summed E-state index contributed by atoms with van der Waals surface area (Å²) in [7, 11) is 0. The highest BCUT2D eigenvalue weighted by atomic mass is 16.1. The van der Waals surface area contributed by atoms with Gasteiger partial charge >= 0.3 is 0 Å². The molecule has 2 aromatic rings. The van der Waals surface area contributed by atoms with Crippen LogP contribution < -0.4 is 5.56 Å². The molecular weight excluding hydrogens is 214 g/mol. The first-order valence-corrected chi connectivity index (χ1v) is 5.87. The highest BCUT2D eigenvalue weighted by Gasteiger charge is 2.14. The Hall–Kier alpha value is -1.84. The van der Waals surface area contributed by atoms with Crippen molar-refractivity contribution >= 4 is 10.9 Å². The van der Waals surface area contributed by atoms with Crippen molar-refractivity contribution in [1.82, 2.24) is 14.8 Å². The van der Waals surface area contributed by atoms with Crippen LogP contribution in [0.15, 0.2) is 23.1 Å². The van der Waals surface area contributed by atoms with Crippen LogP contribution in [0.5, 0.6) is 0 Å². The van der Waals surface area contributed by atoms with E-state index < -0.39 is 0 Å². The first-order valence-electron chi connectivity index (χ1n) is 5.87. The van der Waals surface area contributed by atoms with E-state index >= 15 is 0 Å². The second-order valence-electron chi connectivity index (χ2n) is 4.07. The van der Waals surface area contributed by atoms with E-state index in [9.17, 15) is 4.79 Å². The molecule has 0 atom stereocenters. The smallest absolute Gasteiger partial charge is 0.288 e. The number of hydrogen-bond acceptors (Lipinski definition) is 2. The minimum atomic E-state index is -0.116. The second kappa shape index (κ2) is 4.57. The van der Waals surface area contributed by atoms with Crippen LogP contribution in [0.4, 0.5) is 0 Å². The Morgan fingerprint density at radius 2 is 2.29 bits per heavy atom. The van der Waals surface area contributed by atoms with Gasteiger partial charge in [0, 0.05) is 17.6 Å². The fraction of sp³-hybridized carbons (Fsp3) is 0.385. The number of nitrogens with zero attached hydrogens (tertiary/aromatic N) is 2. The van der Waals surface area contributed by atoms with Gasteiger partial charge in [-0.1, -0.05) is 19.1 Å². The summed E-state index contributed by atoms with van der Waals surface area (Å²) < 4.78 is 2.07. The second-order valence-corrected chi connectivity index (χ2v) is 4.07. The van der Waals surface area contributed by atoms with Crippen LogP contribution in [0.25, 0.3) is 10.9 Å². The SMILES string of the molecule is C/C=C/Cn1c(CC)c(C)c2cn[nH]c(=O)c21. The van der Waals surface area contributed by atoms with Gasteiger partial charge in [0.1, 0.15) is 5.52 Å². The molecule has 0 aromatic carbocycles. The van der Waals surface area contributed by atoms with Gasteiger partial charge in [0.15, 0.2) is 0 Å². The Bertz CT molecular complexity index is 619. The molecule has 0 radical (unpaired) electrons. The third-order valence-electron chi connectivity index (χ3n) is 3.12. The number of H-pyrrole nitrogens is 1. The number of rotatable bonds is 3. The monoisotopic (exact) mass is 231 g/mol. The zero-order valence-corrected chi connectivity index (χ0v) is 10.4. The van der Waals surface area contributed by atoms with Crippen molar-refractivity contribution in [3.63, 3.8) is 0 Å². The van der Waals surface area contributed by atoms with Gasteiger partial charge < -0.3 is 4.57 Å². The molecule has 0 bridgehead atoms. The topological polar surface area (TPSA) is 50.7 Å². The zero-order chi connectivity index (χ0) is 12.4. The third-order valence-corrected chi connectivity index (χ3v) is 3.12. The largest absolute Gasteiger partial charge is 0.336 e. The Morgan fingerprint density at radius 1 is 1.53 bits per heavy atom. The van der Waals surface area contributed by atoms with Crippen molar-refractivity contribution in [3.8, 4) is 0 Å². The van der Waals surface area contributed by atoms with Gasteiger partial charge in [-0.15, -0.1) is 0 Å². The third kappa shape index (κ3) is 1.79. The van der Waals surface area contributed by atoms with E-state index in [0.29, 0.717) is 0 Å². The molecule has 4 heteroatoms. The van der Waals surface area contributed by atoms with E-state index in [-0.39, 0.29) is 5.56 Å². The molecule has 2 rings (SSSR count). The van der Waals surface area contributed by atoms with Gasteiger partial charge in [-0.2, -0.15) is 5.10 Å². The summed E-state index contributed by atoms with van der Waals surface area (Å²) in [5.74, 6) is 0. The van der Waals surface area contributed by atoms with Crippen LogP contribution in [-0.4, -0.2) is 14.8 Å². The number of aromatic nitrogens is 3. The normalized spacial score (nSPS) is 11.7. The molecule has 0 aliphatic heterocycles. The van der Waals surface area contributed by atoms with Gasteiger partial charge in [-0.3, -0.25) is 4.79 Å². The van der Waals surface area contributed by atoms with Crippen LogP contribution in [0.2, 0.25) is 0 Å². The number of aromatic amines is 1. The van der Waals surface area contributed by atoms with Gasteiger partial charge in [-0.25, -0.2) is 5.10 Å². The first-order chi connectivity index (χ1) is 8.20. The number of hydrogen-bond donors (Lipinski definition) is 1. The molecule has 90 valence electrons. The van der Waals surface area contributed by atoms with Crippen LogP contribution in [0.3, 0.4) is 0 Å². The quantitative estimate of drug-likeness (QED) is 0.823. The lowest BCUT2D eigenvalue weighted by Gasteiger charge is -2.06. The summed E-state index contributed by atoms with van der Waals surface area (Å²) >= 11 is 0. The molecule has 0 fully saturated rings. The maximum atomic E-state index is 11.9. The number of nitrogens with one attached hydrogen (secondary N) is 1. The lowest BCUT2D eigenvalue weighted by atomic mass is 10.2. The first kappa shape index (κ1) is 11.6. The van der Waals surface area contributed by atoms with Crippen LogP contribution in [0.1, 0.15) is 25.1 Å². The average Bonchev–Trinajstić information content (AvgIpc) is 2.61. The maximum absolute atomic E-state index is 11.9. The van der Waals surface area contributed by atoms with E-state index in [1.54, 1.807) is 6.20 Å².